The molecule has 2 saturated heterocycles. The van der Waals surface area contributed by atoms with E-state index in [-0.39, 0.29) is 17.5 Å². The molecule has 2 aromatic heterocycles. The van der Waals surface area contributed by atoms with Crippen LogP contribution in [0.4, 0.5) is 23.3 Å². The quantitative estimate of drug-likeness (QED) is 0.643. The lowest BCUT2D eigenvalue weighted by Crippen LogP contribution is -2.67. The van der Waals surface area contributed by atoms with Crippen molar-refractivity contribution in [2.24, 2.45) is 0 Å². The zero-order valence-corrected chi connectivity index (χ0v) is 19.8. The number of fused-ring (bicyclic) bond motifs is 4. The normalized spacial score (nSPS) is 27.4. The van der Waals surface area contributed by atoms with E-state index >= 15 is 0 Å². The van der Waals surface area contributed by atoms with Crippen LogP contribution in [0.3, 0.4) is 0 Å². The van der Waals surface area contributed by atoms with Crippen molar-refractivity contribution in [2.45, 2.75) is 63.2 Å². The van der Waals surface area contributed by atoms with Crippen molar-refractivity contribution in [3.8, 4) is 0 Å². The Kier molecular flexibility index (Phi) is 5.17. The second-order valence-electron chi connectivity index (χ2n) is 10.2. The Hall–Kier alpha value is -3.20. The minimum absolute atomic E-state index is 0.0429. The molecule has 1 saturated carbocycles. The van der Waals surface area contributed by atoms with Gasteiger partial charge in [0.15, 0.2) is 0 Å². The first-order valence-electron chi connectivity index (χ1n) is 12.4. The third-order valence-corrected chi connectivity index (χ3v) is 7.58. The van der Waals surface area contributed by atoms with E-state index in [4.69, 9.17) is 4.98 Å². The molecular weight excluding hydrogens is 428 g/mol. The summed E-state index contributed by atoms with van der Waals surface area (Å²) >= 11 is 0. The number of aromatic nitrogens is 3. The van der Waals surface area contributed by atoms with Gasteiger partial charge in [-0.15, -0.1) is 0 Å². The number of carbonyl (C=O) groups is 1. The minimum Gasteiger partial charge on any atom is -0.367 e. The second-order valence-corrected chi connectivity index (χ2v) is 10.2. The molecule has 3 N–H and O–H groups in total. The lowest BCUT2D eigenvalue weighted by Gasteiger charge is -2.50. The van der Waals surface area contributed by atoms with E-state index in [0.717, 1.165) is 43.0 Å². The van der Waals surface area contributed by atoms with E-state index in [1.165, 1.54) is 12.8 Å². The van der Waals surface area contributed by atoms with E-state index in [0.29, 0.717) is 30.4 Å². The molecular formula is C25H32N8O. The number of amides is 1. The zero-order chi connectivity index (χ0) is 23.3. The molecule has 3 atom stereocenters. The van der Waals surface area contributed by atoms with Crippen LogP contribution in [-0.4, -0.2) is 64.2 Å². The molecule has 5 heterocycles. The SMILES string of the molecule is CC1CN(c2ccc(Nc3ncc4c(n3)N3C(C=C4)C(=O)NCC34CCCC4)nc2)CC(C)N1. The van der Waals surface area contributed by atoms with Crippen molar-refractivity contribution in [2.75, 3.05) is 34.8 Å². The highest BCUT2D eigenvalue weighted by Gasteiger charge is 2.50. The van der Waals surface area contributed by atoms with Crippen LogP contribution >= 0.6 is 0 Å². The number of carbonyl (C=O) groups excluding carboxylic acids is 1. The lowest BCUT2D eigenvalue weighted by atomic mass is 9.87. The van der Waals surface area contributed by atoms with Gasteiger partial charge in [0.05, 0.1) is 17.4 Å². The number of piperazine rings is 2. The summed E-state index contributed by atoms with van der Waals surface area (Å²) in [4.78, 5) is 31.4. The Morgan fingerprint density at radius 2 is 1.88 bits per heavy atom. The van der Waals surface area contributed by atoms with Crippen molar-refractivity contribution in [3.63, 3.8) is 0 Å². The summed E-state index contributed by atoms with van der Waals surface area (Å²) < 4.78 is 0. The average molecular weight is 461 g/mol. The first-order valence-corrected chi connectivity index (χ1v) is 12.4. The van der Waals surface area contributed by atoms with Gasteiger partial charge in [-0.2, -0.15) is 4.98 Å². The van der Waals surface area contributed by atoms with Gasteiger partial charge in [0, 0.05) is 43.5 Å². The van der Waals surface area contributed by atoms with Gasteiger partial charge in [-0.25, -0.2) is 9.97 Å². The van der Waals surface area contributed by atoms with Gasteiger partial charge in [0.1, 0.15) is 17.7 Å². The summed E-state index contributed by atoms with van der Waals surface area (Å²) in [5.41, 5.74) is 2.00. The third kappa shape index (κ3) is 3.68. The summed E-state index contributed by atoms with van der Waals surface area (Å²) in [5.74, 6) is 2.08. The summed E-state index contributed by atoms with van der Waals surface area (Å²) in [7, 11) is 0. The third-order valence-electron chi connectivity index (χ3n) is 7.58. The van der Waals surface area contributed by atoms with Crippen molar-refractivity contribution >= 4 is 35.3 Å². The maximum Gasteiger partial charge on any atom is 0.246 e. The molecule has 9 nitrogen and oxygen atoms in total. The first kappa shape index (κ1) is 21.3. The molecule has 9 heteroatoms. The van der Waals surface area contributed by atoms with Crippen molar-refractivity contribution < 1.29 is 4.79 Å². The molecule has 34 heavy (non-hydrogen) atoms. The van der Waals surface area contributed by atoms with Crippen molar-refractivity contribution in [3.05, 3.63) is 36.2 Å². The molecule has 1 spiro atoms. The molecule has 3 unspecified atom stereocenters. The number of nitrogens with one attached hydrogen (secondary N) is 3. The van der Waals surface area contributed by atoms with Crippen LogP contribution in [0.5, 0.6) is 0 Å². The highest BCUT2D eigenvalue weighted by Crippen LogP contribution is 2.43. The van der Waals surface area contributed by atoms with Crippen LogP contribution in [0.1, 0.15) is 45.1 Å². The number of rotatable bonds is 3. The average Bonchev–Trinajstić information content (AvgIpc) is 3.30. The van der Waals surface area contributed by atoms with Gasteiger partial charge < -0.3 is 25.8 Å². The number of nitrogens with zero attached hydrogens (tertiary/aromatic N) is 5. The molecule has 0 radical (unpaired) electrons. The Labute approximate surface area is 200 Å². The lowest BCUT2D eigenvalue weighted by molar-refractivity contribution is -0.123. The highest BCUT2D eigenvalue weighted by molar-refractivity contribution is 5.93. The van der Waals surface area contributed by atoms with Gasteiger partial charge in [-0.3, -0.25) is 4.79 Å². The number of anilines is 4. The van der Waals surface area contributed by atoms with E-state index in [9.17, 15) is 4.79 Å². The Morgan fingerprint density at radius 3 is 2.62 bits per heavy atom. The van der Waals surface area contributed by atoms with Gasteiger partial charge >= 0.3 is 0 Å². The molecule has 0 bridgehead atoms. The van der Waals surface area contributed by atoms with Crippen LogP contribution in [0.25, 0.3) is 6.08 Å². The molecule has 2 aromatic rings. The van der Waals surface area contributed by atoms with Crippen LogP contribution in [0, 0.1) is 0 Å². The van der Waals surface area contributed by atoms with E-state index < -0.39 is 0 Å². The first-order chi connectivity index (χ1) is 16.5. The molecule has 178 valence electrons. The van der Waals surface area contributed by atoms with E-state index in [2.05, 4.69) is 55.6 Å². The topological polar surface area (TPSA) is 98.3 Å². The fourth-order valence-corrected chi connectivity index (χ4v) is 6.08. The second kappa shape index (κ2) is 8.23. The van der Waals surface area contributed by atoms with Crippen LogP contribution in [-0.2, 0) is 4.79 Å². The molecule has 6 rings (SSSR count). The van der Waals surface area contributed by atoms with Crippen molar-refractivity contribution in [1.82, 2.24) is 25.6 Å². The molecule has 3 fully saturated rings. The smallest absolute Gasteiger partial charge is 0.246 e. The number of hydrogen-bond acceptors (Lipinski definition) is 8. The van der Waals surface area contributed by atoms with Gasteiger partial charge in [-0.1, -0.05) is 25.0 Å². The number of pyridine rings is 1. The van der Waals surface area contributed by atoms with Crippen molar-refractivity contribution in [1.29, 1.82) is 0 Å². The standard InChI is InChI=1S/C25H32N8O/c1-16-13-32(14-17(2)29-16)19-6-8-21(26-12-19)30-24-27-11-18-5-7-20-23(34)28-15-25(9-3-4-10-25)33(20)22(18)31-24/h5-8,11-12,16-17,20,29H,3-4,9-10,13-15H2,1-2H3,(H,28,34)(H,26,27,30,31). The predicted molar refractivity (Wildman–Crippen MR) is 133 cm³/mol. The molecule has 1 aliphatic carbocycles. The van der Waals surface area contributed by atoms with Crippen LogP contribution in [0.2, 0.25) is 0 Å². The molecule has 0 aromatic carbocycles. The van der Waals surface area contributed by atoms with Crippen LogP contribution < -0.4 is 25.8 Å². The van der Waals surface area contributed by atoms with Gasteiger partial charge in [-0.05, 0) is 38.8 Å². The zero-order valence-electron chi connectivity index (χ0n) is 19.8. The van der Waals surface area contributed by atoms with E-state index in [1.807, 2.05) is 30.6 Å². The summed E-state index contributed by atoms with van der Waals surface area (Å²) in [6.07, 6.45) is 12.2. The van der Waals surface area contributed by atoms with Gasteiger partial charge in [0.2, 0.25) is 11.9 Å². The highest BCUT2D eigenvalue weighted by atomic mass is 16.2. The van der Waals surface area contributed by atoms with Gasteiger partial charge in [0.25, 0.3) is 0 Å². The summed E-state index contributed by atoms with van der Waals surface area (Å²) in [5, 5.41) is 9.96. The molecule has 1 amide bonds. The fraction of sp³-hybridized carbons (Fsp3) is 0.520. The summed E-state index contributed by atoms with van der Waals surface area (Å²) in [6, 6.07) is 4.65. The minimum atomic E-state index is -0.316. The maximum atomic E-state index is 12.7. The molecule has 3 aliphatic heterocycles. The van der Waals surface area contributed by atoms with E-state index in [1.54, 1.807) is 0 Å². The largest absolute Gasteiger partial charge is 0.367 e. The Morgan fingerprint density at radius 1 is 1.09 bits per heavy atom. The predicted octanol–water partition coefficient (Wildman–Crippen LogP) is 2.45. The molecule has 4 aliphatic rings. The number of hydrogen-bond donors (Lipinski definition) is 3. The summed E-state index contributed by atoms with van der Waals surface area (Å²) in [6.45, 7) is 7.02. The Bertz CT molecular complexity index is 1100. The monoisotopic (exact) mass is 460 g/mol. The van der Waals surface area contributed by atoms with Crippen LogP contribution in [0.15, 0.2) is 30.6 Å². The maximum absolute atomic E-state index is 12.7. The Balaban J connectivity index is 1.25. The fourth-order valence-electron chi connectivity index (χ4n) is 6.08.